The minimum atomic E-state index is -2.11. The van der Waals surface area contributed by atoms with Gasteiger partial charge in [0.25, 0.3) is 0 Å². The van der Waals surface area contributed by atoms with Gasteiger partial charge in [0.15, 0.2) is 18.2 Å². The summed E-state index contributed by atoms with van der Waals surface area (Å²) in [6.07, 6.45) is -0.889. The summed E-state index contributed by atoms with van der Waals surface area (Å²) in [6.45, 7) is 18.5. The summed E-state index contributed by atoms with van der Waals surface area (Å²) in [5.74, 6) is -3.59. The van der Waals surface area contributed by atoms with Crippen molar-refractivity contribution in [1.29, 1.82) is 0 Å². The van der Waals surface area contributed by atoms with Crippen molar-refractivity contribution in [2.45, 2.75) is 162 Å². The zero-order chi connectivity index (χ0) is 39.1. The first-order valence-corrected chi connectivity index (χ1v) is 18.7. The van der Waals surface area contributed by atoms with Crippen LogP contribution in [0.4, 0.5) is 0 Å². The second kappa shape index (κ2) is 13.4. The number of esters is 2. The van der Waals surface area contributed by atoms with Crippen molar-refractivity contribution < 1.29 is 58.6 Å². The van der Waals surface area contributed by atoms with E-state index in [0.29, 0.717) is 6.42 Å². The second-order valence-corrected chi connectivity index (χ2v) is 18.3. The van der Waals surface area contributed by atoms with Gasteiger partial charge in [-0.2, -0.15) is 0 Å². The highest BCUT2D eigenvalue weighted by Crippen LogP contribution is 2.74. The number of fused-ring (bicyclic) bond motifs is 5. The number of Topliss-reactive ketones (excluding diaryl/α,β-unsaturated/α-hetero) is 1. The topological polar surface area (TPSA) is 186 Å². The molecular formula is C40H60O12. The highest BCUT2D eigenvalue weighted by Gasteiger charge is 2.75. The summed E-state index contributed by atoms with van der Waals surface area (Å²) in [4.78, 5) is 53.4. The molecule has 3 saturated carbocycles. The van der Waals surface area contributed by atoms with Gasteiger partial charge in [0.1, 0.15) is 17.5 Å². The minimum absolute atomic E-state index is 0.00606. The van der Waals surface area contributed by atoms with Crippen molar-refractivity contribution in [3.8, 4) is 0 Å². The third-order valence-electron chi connectivity index (χ3n) is 13.8. The van der Waals surface area contributed by atoms with Crippen LogP contribution in [-0.2, 0) is 38.1 Å². The predicted molar refractivity (Wildman–Crippen MR) is 188 cm³/mol. The first-order chi connectivity index (χ1) is 23.7. The zero-order valence-corrected chi connectivity index (χ0v) is 32.6. The standard InChI is InChI=1S/C40H60O12/c1-20-16-26(50-21(2)41)31(51-22(3)42)34(49-20)52-27-18-37(8)28-13-12-23-24(17-25(43)33(46)36(23,6)7)39(28,10)30(45)19-38(37,9)32(27)40(11,48)29(44)14-15-35(4,5)47/h12,14-15,20,24-28,31-34,43,46-48H,13,16-19H2,1-11H3/b15-14+/t20-,24-,25+,26-,27-,28+,31-,32+,33+,34-,37+,38-,39+,40+/m1/s1. The molecule has 14 atom stereocenters. The monoisotopic (exact) mass is 732 g/mol. The van der Waals surface area contributed by atoms with Crippen molar-refractivity contribution in [3.63, 3.8) is 0 Å². The van der Waals surface area contributed by atoms with E-state index in [0.717, 1.165) is 11.6 Å². The van der Waals surface area contributed by atoms with E-state index in [1.165, 1.54) is 40.7 Å². The molecule has 0 amide bonds. The van der Waals surface area contributed by atoms with Gasteiger partial charge in [-0.1, -0.05) is 52.3 Å². The van der Waals surface area contributed by atoms with Crippen LogP contribution in [0.3, 0.4) is 0 Å². The third-order valence-corrected chi connectivity index (χ3v) is 13.8. The maximum Gasteiger partial charge on any atom is 0.303 e. The lowest BCUT2D eigenvalue weighted by molar-refractivity contribution is -0.292. The van der Waals surface area contributed by atoms with Crippen LogP contribution in [0.15, 0.2) is 23.8 Å². The van der Waals surface area contributed by atoms with Crippen LogP contribution >= 0.6 is 0 Å². The molecule has 1 saturated heterocycles. The van der Waals surface area contributed by atoms with Crippen LogP contribution < -0.4 is 0 Å². The van der Waals surface area contributed by atoms with Crippen LogP contribution in [0.1, 0.15) is 108 Å². The normalized spacial score (nSPS) is 44.1. The van der Waals surface area contributed by atoms with E-state index in [-0.39, 0.29) is 43.3 Å². The van der Waals surface area contributed by atoms with Crippen LogP contribution in [-0.4, -0.2) is 98.0 Å². The van der Waals surface area contributed by atoms with Crippen molar-refractivity contribution in [2.24, 2.45) is 39.4 Å². The number of carbonyl (C=O) groups is 4. The van der Waals surface area contributed by atoms with Gasteiger partial charge in [0.2, 0.25) is 0 Å². The summed E-state index contributed by atoms with van der Waals surface area (Å²) >= 11 is 0. The van der Waals surface area contributed by atoms with E-state index in [1.807, 2.05) is 27.7 Å². The van der Waals surface area contributed by atoms with E-state index >= 15 is 0 Å². The number of rotatable bonds is 8. The number of aliphatic hydroxyl groups is 4. The zero-order valence-electron chi connectivity index (χ0n) is 32.6. The average Bonchev–Trinajstić information content (AvgIpc) is 3.22. The molecule has 0 radical (unpaired) electrons. The fourth-order valence-corrected chi connectivity index (χ4v) is 11.2. The molecule has 0 aromatic heterocycles. The van der Waals surface area contributed by atoms with Crippen molar-refractivity contribution in [2.75, 3.05) is 0 Å². The maximum absolute atomic E-state index is 14.9. The summed E-state index contributed by atoms with van der Waals surface area (Å²) in [5, 5.41) is 44.9. The van der Waals surface area contributed by atoms with Gasteiger partial charge in [0.05, 0.1) is 30.0 Å². The number of ketones is 2. The smallest absolute Gasteiger partial charge is 0.303 e. The number of ether oxygens (including phenoxy) is 4. The first kappa shape index (κ1) is 40.7. The Morgan fingerprint density at radius 1 is 0.942 bits per heavy atom. The molecule has 4 N–H and O–H groups in total. The molecule has 5 rings (SSSR count). The lowest BCUT2D eigenvalue weighted by Gasteiger charge is -2.65. The molecule has 0 unspecified atom stereocenters. The minimum Gasteiger partial charge on any atom is -0.458 e. The number of aliphatic hydroxyl groups excluding tert-OH is 2. The molecule has 0 aromatic carbocycles. The molecule has 4 aliphatic carbocycles. The summed E-state index contributed by atoms with van der Waals surface area (Å²) < 4.78 is 24.3. The Hall–Kier alpha value is -2.48. The molecule has 12 nitrogen and oxygen atoms in total. The Labute approximate surface area is 307 Å². The summed E-state index contributed by atoms with van der Waals surface area (Å²) in [7, 11) is 0. The van der Waals surface area contributed by atoms with E-state index in [2.05, 4.69) is 13.0 Å². The first-order valence-electron chi connectivity index (χ1n) is 18.7. The third kappa shape index (κ3) is 6.53. The van der Waals surface area contributed by atoms with Gasteiger partial charge in [-0.15, -0.1) is 0 Å². The van der Waals surface area contributed by atoms with Crippen LogP contribution in [0.2, 0.25) is 0 Å². The van der Waals surface area contributed by atoms with E-state index in [4.69, 9.17) is 18.9 Å². The summed E-state index contributed by atoms with van der Waals surface area (Å²) in [6, 6.07) is 0. The maximum atomic E-state index is 14.9. The fraction of sp³-hybridized carbons (Fsp3) is 0.800. The van der Waals surface area contributed by atoms with Gasteiger partial charge >= 0.3 is 11.9 Å². The molecule has 292 valence electrons. The highest BCUT2D eigenvalue weighted by molar-refractivity contribution is 5.97. The Morgan fingerprint density at radius 3 is 2.13 bits per heavy atom. The van der Waals surface area contributed by atoms with Gasteiger partial charge in [0, 0.05) is 43.4 Å². The Morgan fingerprint density at radius 2 is 1.56 bits per heavy atom. The lowest BCUT2D eigenvalue weighted by Crippen LogP contribution is -2.65. The van der Waals surface area contributed by atoms with Crippen LogP contribution in [0.25, 0.3) is 0 Å². The Kier molecular flexibility index (Phi) is 10.5. The molecule has 52 heavy (non-hydrogen) atoms. The number of allylic oxidation sites excluding steroid dienone is 1. The van der Waals surface area contributed by atoms with Crippen molar-refractivity contribution in [3.05, 3.63) is 23.8 Å². The lowest BCUT2D eigenvalue weighted by atomic mass is 9.38. The molecular weight excluding hydrogens is 672 g/mol. The molecule has 0 aromatic rings. The van der Waals surface area contributed by atoms with E-state index < -0.39 is 99.4 Å². The van der Waals surface area contributed by atoms with Gasteiger partial charge in [-0.3, -0.25) is 19.2 Å². The van der Waals surface area contributed by atoms with Gasteiger partial charge < -0.3 is 39.4 Å². The van der Waals surface area contributed by atoms with Crippen LogP contribution in [0.5, 0.6) is 0 Å². The SMILES string of the molecule is CC(=O)O[C@H]1[C@@H](O[C@@H]2C[C@@]3(C)[C@@H]4CC=C5[C@@H](C[C@H](O)[C@H](O)C5(C)C)[C@]4(C)C(=O)C[C@]3(C)[C@H]2[C@@](C)(O)C(=O)/C=C/C(C)(C)O)O[C@H](C)C[C@H]1OC(C)=O. The molecule has 4 fully saturated rings. The molecule has 1 aliphatic heterocycles. The van der Waals surface area contributed by atoms with Gasteiger partial charge in [-0.25, -0.2) is 0 Å². The second-order valence-electron chi connectivity index (χ2n) is 18.3. The summed E-state index contributed by atoms with van der Waals surface area (Å²) in [5.41, 5.74) is -5.96. The average molecular weight is 733 g/mol. The number of hydrogen-bond donors (Lipinski definition) is 4. The van der Waals surface area contributed by atoms with Crippen molar-refractivity contribution >= 4 is 23.5 Å². The number of carbonyl (C=O) groups excluding carboxylic acids is 4. The molecule has 0 spiro atoms. The Bertz CT molecular complexity index is 1520. The molecule has 12 heteroatoms. The van der Waals surface area contributed by atoms with E-state index in [9.17, 15) is 39.6 Å². The van der Waals surface area contributed by atoms with E-state index in [1.54, 1.807) is 6.92 Å². The quantitative estimate of drug-likeness (QED) is 0.161. The fourth-order valence-electron chi connectivity index (χ4n) is 11.2. The van der Waals surface area contributed by atoms with Crippen molar-refractivity contribution in [1.82, 2.24) is 0 Å². The predicted octanol–water partition coefficient (Wildman–Crippen LogP) is 3.74. The molecule has 1 heterocycles. The van der Waals surface area contributed by atoms with Crippen LogP contribution in [0, 0.1) is 39.4 Å². The Balaban J connectivity index is 1.64. The largest absolute Gasteiger partial charge is 0.458 e. The number of hydrogen-bond acceptors (Lipinski definition) is 12. The molecule has 0 bridgehead atoms. The van der Waals surface area contributed by atoms with Gasteiger partial charge in [-0.05, 0) is 75.7 Å². The molecule has 5 aliphatic rings. The highest BCUT2D eigenvalue weighted by atomic mass is 16.7.